The molecule has 1 aromatic rings. The number of nitrogens with one attached hydrogen (secondary N) is 2. The van der Waals surface area contributed by atoms with Crippen molar-refractivity contribution in [3.05, 3.63) is 35.6 Å². The van der Waals surface area contributed by atoms with Gasteiger partial charge in [-0.2, -0.15) is 0 Å². The molecule has 0 bridgehead atoms. The molecule has 1 aromatic carbocycles. The first-order valence-corrected chi connectivity index (χ1v) is 6.55. The molecule has 0 heterocycles. The summed E-state index contributed by atoms with van der Waals surface area (Å²) in [4.78, 5) is 0. The first kappa shape index (κ1) is 13.1. The zero-order valence-electron chi connectivity index (χ0n) is 9.03. The third-order valence-corrected chi connectivity index (χ3v) is 3.46. The molecule has 0 unspecified atom stereocenters. The van der Waals surface area contributed by atoms with Gasteiger partial charge in [0, 0.05) is 13.1 Å². The lowest BCUT2D eigenvalue weighted by Gasteiger charge is -2.05. The minimum atomic E-state index is -3.15. The van der Waals surface area contributed by atoms with Gasteiger partial charge in [-0.25, -0.2) is 17.5 Å². The zero-order valence-corrected chi connectivity index (χ0v) is 9.85. The third kappa shape index (κ3) is 4.69. The predicted octanol–water partition coefficient (Wildman–Crippen LogP) is 0.464. The molecule has 0 saturated carbocycles. The molecular formula is C10H15FN2O2S. The van der Waals surface area contributed by atoms with Crippen LogP contribution in [0.3, 0.4) is 0 Å². The highest BCUT2D eigenvalue weighted by molar-refractivity contribution is 7.89. The van der Waals surface area contributed by atoms with Crippen molar-refractivity contribution in [3.63, 3.8) is 0 Å². The minimum absolute atomic E-state index is 0.0324. The summed E-state index contributed by atoms with van der Waals surface area (Å²) >= 11 is 0. The Kier molecular flexibility index (Phi) is 4.85. The fourth-order valence-electron chi connectivity index (χ4n) is 1.14. The molecule has 0 aromatic heterocycles. The van der Waals surface area contributed by atoms with Crippen molar-refractivity contribution in [1.82, 2.24) is 10.0 Å². The lowest BCUT2D eigenvalue weighted by atomic mass is 10.2. The van der Waals surface area contributed by atoms with E-state index in [0.717, 1.165) is 5.56 Å². The van der Waals surface area contributed by atoms with Gasteiger partial charge in [0.05, 0.1) is 5.75 Å². The Balaban J connectivity index is 2.29. The summed E-state index contributed by atoms with van der Waals surface area (Å²) < 4.78 is 36.9. The second kappa shape index (κ2) is 5.93. The second-order valence-corrected chi connectivity index (χ2v) is 5.37. The van der Waals surface area contributed by atoms with Crippen LogP contribution in [0.2, 0.25) is 0 Å². The van der Waals surface area contributed by atoms with Gasteiger partial charge in [0.1, 0.15) is 5.82 Å². The third-order valence-electron chi connectivity index (χ3n) is 2.10. The van der Waals surface area contributed by atoms with Gasteiger partial charge in [-0.05, 0) is 24.7 Å². The van der Waals surface area contributed by atoms with Gasteiger partial charge < -0.3 is 5.32 Å². The van der Waals surface area contributed by atoms with E-state index in [0.29, 0.717) is 13.1 Å². The highest BCUT2D eigenvalue weighted by Gasteiger charge is 2.05. The maximum Gasteiger partial charge on any atom is 0.212 e. The Labute approximate surface area is 94.9 Å². The summed E-state index contributed by atoms with van der Waals surface area (Å²) in [6, 6.07) is 6.08. The van der Waals surface area contributed by atoms with Crippen LogP contribution in [0, 0.1) is 5.82 Å². The monoisotopic (exact) mass is 246 g/mol. The summed E-state index contributed by atoms with van der Waals surface area (Å²) in [6.07, 6.45) is 0. The van der Waals surface area contributed by atoms with E-state index in [9.17, 15) is 12.8 Å². The molecule has 0 fully saturated rings. The highest BCUT2D eigenvalue weighted by atomic mass is 32.2. The molecule has 0 aliphatic rings. The van der Waals surface area contributed by atoms with Gasteiger partial charge in [-0.15, -0.1) is 0 Å². The SMILES string of the molecule is CNS(=O)(=O)CCNCc1ccc(F)cc1. The van der Waals surface area contributed by atoms with E-state index < -0.39 is 10.0 Å². The molecule has 0 atom stereocenters. The van der Waals surface area contributed by atoms with E-state index in [2.05, 4.69) is 10.0 Å². The van der Waals surface area contributed by atoms with Gasteiger partial charge >= 0.3 is 0 Å². The van der Waals surface area contributed by atoms with Crippen molar-refractivity contribution in [2.45, 2.75) is 6.54 Å². The van der Waals surface area contributed by atoms with E-state index in [4.69, 9.17) is 0 Å². The fraction of sp³-hybridized carbons (Fsp3) is 0.400. The standard InChI is InChI=1S/C10H15FN2O2S/c1-12-16(14,15)7-6-13-8-9-2-4-10(11)5-3-9/h2-5,12-13H,6-8H2,1H3. The molecule has 1 rings (SSSR count). The number of hydrogen-bond donors (Lipinski definition) is 2. The summed E-state index contributed by atoms with van der Waals surface area (Å²) in [5.41, 5.74) is 0.920. The van der Waals surface area contributed by atoms with Crippen molar-refractivity contribution in [3.8, 4) is 0 Å². The van der Waals surface area contributed by atoms with Crippen LogP contribution < -0.4 is 10.0 Å². The van der Waals surface area contributed by atoms with Crippen LogP contribution in [-0.4, -0.2) is 27.8 Å². The summed E-state index contributed by atoms with van der Waals surface area (Å²) in [6.45, 7) is 0.889. The first-order valence-electron chi connectivity index (χ1n) is 4.90. The van der Waals surface area contributed by atoms with Crippen LogP contribution in [0.5, 0.6) is 0 Å². The van der Waals surface area contributed by atoms with Crippen molar-refractivity contribution in [2.24, 2.45) is 0 Å². The molecule has 0 amide bonds. The molecule has 2 N–H and O–H groups in total. The van der Waals surface area contributed by atoms with Crippen LogP contribution in [-0.2, 0) is 16.6 Å². The van der Waals surface area contributed by atoms with E-state index >= 15 is 0 Å². The lowest BCUT2D eigenvalue weighted by Crippen LogP contribution is -2.29. The molecule has 0 aliphatic heterocycles. The quantitative estimate of drug-likeness (QED) is 0.717. The van der Waals surface area contributed by atoms with Crippen LogP contribution in [0.1, 0.15) is 5.56 Å². The Morgan fingerprint density at radius 2 is 1.88 bits per heavy atom. The van der Waals surface area contributed by atoms with Crippen molar-refractivity contribution < 1.29 is 12.8 Å². The average molecular weight is 246 g/mol. The molecule has 16 heavy (non-hydrogen) atoms. The predicted molar refractivity (Wildman–Crippen MR) is 61.0 cm³/mol. The molecule has 0 radical (unpaired) electrons. The smallest absolute Gasteiger partial charge is 0.212 e. The summed E-state index contributed by atoms with van der Waals surface area (Å²) in [5, 5.41) is 2.97. The maximum atomic E-state index is 12.6. The summed E-state index contributed by atoms with van der Waals surface area (Å²) in [7, 11) is -1.77. The van der Waals surface area contributed by atoms with Crippen LogP contribution in [0.25, 0.3) is 0 Å². The highest BCUT2D eigenvalue weighted by Crippen LogP contribution is 2.01. The number of sulfonamides is 1. The van der Waals surface area contributed by atoms with Gasteiger partial charge in [-0.1, -0.05) is 12.1 Å². The number of rotatable bonds is 6. The molecule has 4 nitrogen and oxygen atoms in total. The van der Waals surface area contributed by atoms with Gasteiger partial charge in [-0.3, -0.25) is 0 Å². The largest absolute Gasteiger partial charge is 0.312 e. The second-order valence-electron chi connectivity index (χ2n) is 3.33. The Morgan fingerprint density at radius 1 is 1.25 bits per heavy atom. The van der Waals surface area contributed by atoms with Crippen LogP contribution >= 0.6 is 0 Å². The Morgan fingerprint density at radius 3 is 2.44 bits per heavy atom. The first-order chi connectivity index (χ1) is 7.53. The number of benzene rings is 1. The van der Waals surface area contributed by atoms with Gasteiger partial charge in [0.25, 0.3) is 0 Å². The lowest BCUT2D eigenvalue weighted by molar-refractivity contribution is 0.583. The van der Waals surface area contributed by atoms with E-state index in [-0.39, 0.29) is 11.6 Å². The van der Waals surface area contributed by atoms with Crippen molar-refractivity contribution in [2.75, 3.05) is 19.3 Å². The van der Waals surface area contributed by atoms with Crippen LogP contribution in [0.4, 0.5) is 4.39 Å². The Hall–Kier alpha value is -0.980. The number of halogens is 1. The Bertz CT molecular complexity index is 417. The molecule has 0 spiro atoms. The van der Waals surface area contributed by atoms with Gasteiger partial charge in [0.15, 0.2) is 0 Å². The molecule has 0 aliphatic carbocycles. The minimum Gasteiger partial charge on any atom is -0.312 e. The van der Waals surface area contributed by atoms with Gasteiger partial charge in [0.2, 0.25) is 10.0 Å². The molecule has 0 saturated heterocycles. The van der Waals surface area contributed by atoms with E-state index in [1.54, 1.807) is 12.1 Å². The van der Waals surface area contributed by atoms with Crippen molar-refractivity contribution >= 4 is 10.0 Å². The fourth-order valence-corrected chi connectivity index (χ4v) is 1.76. The van der Waals surface area contributed by atoms with Crippen molar-refractivity contribution in [1.29, 1.82) is 0 Å². The van der Waals surface area contributed by atoms with E-state index in [1.807, 2.05) is 0 Å². The normalized spacial score (nSPS) is 11.6. The topological polar surface area (TPSA) is 58.2 Å². The maximum absolute atomic E-state index is 12.6. The van der Waals surface area contributed by atoms with E-state index in [1.165, 1.54) is 19.2 Å². The van der Waals surface area contributed by atoms with Crippen LogP contribution in [0.15, 0.2) is 24.3 Å². The molecule has 6 heteroatoms. The molecular weight excluding hydrogens is 231 g/mol. The average Bonchev–Trinajstić information content (AvgIpc) is 2.27. The summed E-state index contributed by atoms with van der Waals surface area (Å²) in [5.74, 6) is -0.244. The number of hydrogen-bond acceptors (Lipinski definition) is 3. The molecule has 90 valence electrons. The zero-order chi connectivity index (χ0) is 12.0.